The van der Waals surface area contributed by atoms with Crippen molar-refractivity contribution in [1.82, 2.24) is 0 Å². The van der Waals surface area contributed by atoms with Crippen LogP contribution in [-0.2, 0) is 0 Å². The van der Waals surface area contributed by atoms with Crippen molar-refractivity contribution >= 4 is 40.5 Å². The van der Waals surface area contributed by atoms with Crippen molar-refractivity contribution in [3.8, 4) is 0 Å². The third kappa shape index (κ3) is 3.87. The number of hydrogen-bond acceptors (Lipinski definition) is 0. The zero-order valence-electron chi connectivity index (χ0n) is 5.88. The van der Waals surface area contributed by atoms with Crippen molar-refractivity contribution in [1.29, 1.82) is 0 Å². The van der Waals surface area contributed by atoms with Gasteiger partial charge in [-0.25, -0.2) is 10.9 Å². The van der Waals surface area contributed by atoms with Crippen LogP contribution in [0, 0.1) is 0 Å². The summed E-state index contributed by atoms with van der Waals surface area (Å²) in [6, 6.07) is 0. The number of thiol groups is 1. The molecule has 0 aromatic heterocycles. The molecule has 1 heterocycles. The van der Waals surface area contributed by atoms with E-state index < -0.39 is 0 Å². The van der Waals surface area contributed by atoms with Gasteiger partial charge in [0.15, 0.2) is 0 Å². The van der Waals surface area contributed by atoms with E-state index in [4.69, 9.17) is 0 Å². The maximum absolute atomic E-state index is 2.34. The molecule has 0 N–H and O–H groups in total. The van der Waals surface area contributed by atoms with Crippen LogP contribution in [0.3, 0.4) is 0 Å². The van der Waals surface area contributed by atoms with Gasteiger partial charge in [0.25, 0.3) is 0 Å². The van der Waals surface area contributed by atoms with Crippen LogP contribution in [0.25, 0.3) is 0 Å². The van der Waals surface area contributed by atoms with Crippen LogP contribution in [0.2, 0.25) is 0 Å². The molecule has 0 saturated carbocycles. The number of allylic oxidation sites excluding steroid dienone is 2. The first-order valence-corrected chi connectivity index (χ1v) is 5.20. The fourth-order valence-corrected chi connectivity index (χ4v) is 2.58. The fraction of sp³-hybridized carbons (Fsp3) is 0.500. The van der Waals surface area contributed by atoms with Crippen LogP contribution in [0.5, 0.6) is 0 Å². The molecule has 0 bridgehead atoms. The van der Waals surface area contributed by atoms with E-state index in [1.807, 2.05) is 0 Å². The van der Waals surface area contributed by atoms with Gasteiger partial charge in [-0.1, -0.05) is 25.5 Å². The second-order valence-electron chi connectivity index (χ2n) is 2.27. The third-order valence-corrected chi connectivity index (χ3v) is 3.38. The maximum atomic E-state index is 2.34. The molecule has 0 aromatic rings. The van der Waals surface area contributed by atoms with E-state index in [9.17, 15) is 0 Å². The predicted octanol–water partition coefficient (Wildman–Crippen LogP) is 2.18. The monoisotopic (exact) mass is 166 g/mol. The van der Waals surface area contributed by atoms with Gasteiger partial charge >= 0.3 is 29.6 Å². The van der Waals surface area contributed by atoms with Gasteiger partial charge in [0.2, 0.25) is 0 Å². The first-order valence-electron chi connectivity index (χ1n) is 3.54. The molecule has 1 rings (SSSR count). The van der Waals surface area contributed by atoms with Crippen LogP contribution >= 0.6 is 10.9 Å². The molecule has 0 nitrogen and oxygen atoms in total. The van der Waals surface area contributed by atoms with Gasteiger partial charge in [-0.15, -0.1) is 0 Å². The van der Waals surface area contributed by atoms with Crippen LogP contribution in [0.4, 0.5) is 0 Å². The molecule has 0 aromatic carbocycles. The van der Waals surface area contributed by atoms with E-state index in [1.165, 1.54) is 18.6 Å². The average Bonchev–Trinajstić information content (AvgIpc) is 2.34. The Morgan fingerprint density at radius 1 is 1.20 bits per heavy atom. The standard InChI is InChI=1S/C8H14S.Na.H/c1-2-3-6-9-7-4-5-8-9;;/h4-5,7-9H,2-3,6H2,1H3;;. The van der Waals surface area contributed by atoms with E-state index in [0.717, 1.165) is 0 Å². The number of hydrogen-bond donors (Lipinski definition) is 1. The molecule has 1 aliphatic rings. The summed E-state index contributed by atoms with van der Waals surface area (Å²) in [5.41, 5.74) is 0. The molecular weight excluding hydrogens is 151 g/mol. The Morgan fingerprint density at radius 2 is 1.80 bits per heavy atom. The van der Waals surface area contributed by atoms with Crippen molar-refractivity contribution in [2.24, 2.45) is 0 Å². The second-order valence-corrected chi connectivity index (χ2v) is 4.35. The molecule has 1 aliphatic heterocycles. The van der Waals surface area contributed by atoms with Gasteiger partial charge in [-0.3, -0.25) is 0 Å². The fourth-order valence-electron chi connectivity index (χ4n) is 0.860. The molecule has 0 atom stereocenters. The van der Waals surface area contributed by atoms with Gasteiger partial charge in [0.05, 0.1) is 0 Å². The summed E-state index contributed by atoms with van der Waals surface area (Å²) in [5, 5.41) is 4.68. The molecular formula is C8H15NaS. The molecule has 2 heteroatoms. The van der Waals surface area contributed by atoms with Gasteiger partial charge < -0.3 is 0 Å². The molecule has 10 heavy (non-hydrogen) atoms. The zero-order valence-corrected chi connectivity index (χ0v) is 6.77. The van der Waals surface area contributed by atoms with E-state index in [0.29, 0.717) is 0 Å². The van der Waals surface area contributed by atoms with E-state index in [2.05, 4.69) is 29.9 Å². The summed E-state index contributed by atoms with van der Waals surface area (Å²) in [6.07, 6.45) is 7.06. The van der Waals surface area contributed by atoms with Crippen molar-refractivity contribution in [3.63, 3.8) is 0 Å². The van der Waals surface area contributed by atoms with E-state index in [1.54, 1.807) is 0 Å². The summed E-state index contributed by atoms with van der Waals surface area (Å²) in [4.78, 5) is 0. The first-order chi connectivity index (χ1) is 4.43. The van der Waals surface area contributed by atoms with Crippen molar-refractivity contribution < 1.29 is 0 Å². The van der Waals surface area contributed by atoms with Crippen molar-refractivity contribution in [3.05, 3.63) is 23.0 Å². The zero-order chi connectivity index (χ0) is 6.53. The van der Waals surface area contributed by atoms with Gasteiger partial charge in [-0.2, -0.15) is 0 Å². The molecule has 54 valence electrons. The first kappa shape index (κ1) is 10.8. The Kier molecular flexibility index (Phi) is 7.08. The van der Waals surface area contributed by atoms with Gasteiger partial charge in [0.1, 0.15) is 0 Å². The second kappa shape index (κ2) is 6.53. The van der Waals surface area contributed by atoms with Gasteiger partial charge in [0, 0.05) is 0 Å². The number of unbranched alkanes of at least 4 members (excludes halogenated alkanes) is 1. The average molecular weight is 166 g/mol. The van der Waals surface area contributed by atoms with Crippen LogP contribution < -0.4 is 0 Å². The summed E-state index contributed by atoms with van der Waals surface area (Å²) in [6.45, 7) is 2.25. The molecule has 0 unspecified atom stereocenters. The quantitative estimate of drug-likeness (QED) is 0.482. The topological polar surface area (TPSA) is 0 Å². The molecule has 0 amide bonds. The minimum absolute atomic E-state index is 0. The van der Waals surface area contributed by atoms with Crippen molar-refractivity contribution in [2.75, 3.05) is 5.75 Å². The Labute approximate surface area is 88.4 Å². The molecule has 0 aliphatic carbocycles. The Morgan fingerprint density at radius 3 is 2.30 bits per heavy atom. The molecule has 0 radical (unpaired) electrons. The van der Waals surface area contributed by atoms with Crippen LogP contribution in [0.15, 0.2) is 23.0 Å². The minimum atomic E-state index is 0. The molecule has 0 fully saturated rings. The molecule has 0 spiro atoms. The summed E-state index contributed by atoms with van der Waals surface area (Å²) in [7, 11) is 0.188. The molecule has 0 saturated heterocycles. The predicted molar refractivity (Wildman–Crippen MR) is 54.2 cm³/mol. The Bertz CT molecular complexity index is 117. The van der Waals surface area contributed by atoms with Crippen LogP contribution in [0.1, 0.15) is 19.8 Å². The third-order valence-electron chi connectivity index (χ3n) is 1.44. The SMILES string of the molecule is CCCC[SH]1C=CC=C1.[NaH]. The van der Waals surface area contributed by atoms with Gasteiger partial charge in [-0.05, 0) is 23.0 Å². The Hall–Kier alpha value is 0.830. The van der Waals surface area contributed by atoms with E-state index in [-0.39, 0.29) is 40.5 Å². The summed E-state index contributed by atoms with van der Waals surface area (Å²) in [5.74, 6) is 1.40. The Balaban J connectivity index is 0.000000810. The summed E-state index contributed by atoms with van der Waals surface area (Å²) >= 11 is 0. The summed E-state index contributed by atoms with van der Waals surface area (Å²) < 4.78 is 0. The van der Waals surface area contributed by atoms with Crippen molar-refractivity contribution in [2.45, 2.75) is 19.8 Å². The number of rotatable bonds is 3. The van der Waals surface area contributed by atoms with Crippen LogP contribution in [-0.4, -0.2) is 35.3 Å². The normalized spacial score (nSPS) is 17.5. The van der Waals surface area contributed by atoms with E-state index >= 15 is 0 Å².